The van der Waals surface area contributed by atoms with Crippen LogP contribution in [-0.2, 0) is 14.3 Å². The number of carbonyl (C=O) groups is 2. The van der Waals surface area contributed by atoms with Crippen LogP contribution < -0.4 is 5.32 Å². The first-order chi connectivity index (χ1) is 11.4. The van der Waals surface area contributed by atoms with E-state index < -0.39 is 5.54 Å². The minimum atomic E-state index is -0.678. The molecule has 2 amide bonds. The van der Waals surface area contributed by atoms with Crippen molar-refractivity contribution in [3.8, 4) is 0 Å². The van der Waals surface area contributed by atoms with Gasteiger partial charge in [-0.15, -0.1) is 0 Å². The molecule has 3 heterocycles. The van der Waals surface area contributed by atoms with Gasteiger partial charge in [0, 0.05) is 26.2 Å². The molecule has 0 radical (unpaired) electrons. The number of piperidine rings is 1. The van der Waals surface area contributed by atoms with Crippen molar-refractivity contribution < 1.29 is 14.3 Å². The second-order valence-electron chi connectivity index (χ2n) is 8.07. The SMILES string of the molecule is CC(C)CC1NC(=O)C2(CCN(C)CC2)N(CC2CCCO2)C1=O. The highest BCUT2D eigenvalue weighted by molar-refractivity contribution is 6.00. The lowest BCUT2D eigenvalue weighted by Gasteiger charge is -2.52. The average molecular weight is 337 g/mol. The number of hydrogen-bond donors (Lipinski definition) is 1. The van der Waals surface area contributed by atoms with Gasteiger partial charge in [0.05, 0.1) is 6.10 Å². The average Bonchev–Trinajstić information content (AvgIpc) is 3.04. The Morgan fingerprint density at radius 2 is 2.00 bits per heavy atom. The smallest absolute Gasteiger partial charge is 0.246 e. The summed E-state index contributed by atoms with van der Waals surface area (Å²) in [4.78, 5) is 30.3. The number of rotatable bonds is 4. The summed E-state index contributed by atoms with van der Waals surface area (Å²) < 4.78 is 5.77. The maximum absolute atomic E-state index is 13.2. The van der Waals surface area contributed by atoms with E-state index in [1.165, 1.54) is 0 Å². The fourth-order valence-electron chi connectivity index (χ4n) is 4.25. The van der Waals surface area contributed by atoms with Crippen LogP contribution in [0.4, 0.5) is 0 Å². The van der Waals surface area contributed by atoms with Gasteiger partial charge in [0.25, 0.3) is 0 Å². The van der Waals surface area contributed by atoms with Crippen molar-refractivity contribution >= 4 is 11.8 Å². The zero-order chi connectivity index (χ0) is 17.3. The zero-order valence-electron chi connectivity index (χ0n) is 15.2. The summed E-state index contributed by atoms with van der Waals surface area (Å²) in [5.41, 5.74) is -0.678. The first-order valence-corrected chi connectivity index (χ1v) is 9.35. The molecule has 6 nitrogen and oxygen atoms in total. The van der Waals surface area contributed by atoms with E-state index >= 15 is 0 Å². The van der Waals surface area contributed by atoms with Crippen molar-refractivity contribution in [2.24, 2.45) is 5.92 Å². The summed E-state index contributed by atoms with van der Waals surface area (Å²) in [7, 11) is 2.07. The van der Waals surface area contributed by atoms with Gasteiger partial charge in [0.15, 0.2) is 0 Å². The molecule has 2 atom stereocenters. The lowest BCUT2D eigenvalue weighted by atomic mass is 9.81. The van der Waals surface area contributed by atoms with E-state index in [1.807, 2.05) is 4.90 Å². The molecule has 0 saturated carbocycles. The Bertz CT molecular complexity index is 480. The van der Waals surface area contributed by atoms with Crippen LogP contribution in [-0.4, -0.2) is 72.6 Å². The second-order valence-corrected chi connectivity index (χ2v) is 8.07. The summed E-state index contributed by atoms with van der Waals surface area (Å²) in [6.45, 7) is 7.19. The van der Waals surface area contributed by atoms with Gasteiger partial charge in [-0.2, -0.15) is 0 Å². The van der Waals surface area contributed by atoms with Crippen molar-refractivity contribution in [1.29, 1.82) is 0 Å². The Morgan fingerprint density at radius 3 is 2.58 bits per heavy atom. The van der Waals surface area contributed by atoms with E-state index in [-0.39, 0.29) is 24.0 Å². The Hall–Kier alpha value is -1.14. The normalized spacial score (nSPS) is 31.1. The number of ether oxygens (including phenoxy) is 1. The molecule has 3 rings (SSSR count). The minimum absolute atomic E-state index is 0.0406. The third kappa shape index (κ3) is 3.31. The molecule has 3 fully saturated rings. The monoisotopic (exact) mass is 337 g/mol. The molecule has 24 heavy (non-hydrogen) atoms. The van der Waals surface area contributed by atoms with Gasteiger partial charge >= 0.3 is 0 Å². The molecule has 0 aromatic rings. The highest BCUT2D eigenvalue weighted by Gasteiger charge is 2.53. The molecule has 3 aliphatic rings. The molecule has 0 bridgehead atoms. The molecule has 136 valence electrons. The standard InChI is InChI=1S/C18H31N3O3/c1-13(2)11-15-16(22)21(12-14-5-4-10-24-14)18(17(23)19-15)6-8-20(3)9-7-18/h13-15H,4-12H2,1-3H3,(H,19,23). The van der Waals surface area contributed by atoms with E-state index in [0.717, 1.165) is 32.5 Å². The highest BCUT2D eigenvalue weighted by atomic mass is 16.5. The van der Waals surface area contributed by atoms with Crippen molar-refractivity contribution in [2.75, 3.05) is 33.3 Å². The first kappa shape index (κ1) is 17.7. The Kier molecular flexibility index (Phi) is 5.16. The third-order valence-electron chi connectivity index (χ3n) is 5.74. The maximum atomic E-state index is 13.2. The van der Waals surface area contributed by atoms with Crippen LogP contribution in [0.3, 0.4) is 0 Å². The molecular weight excluding hydrogens is 306 g/mol. The van der Waals surface area contributed by atoms with E-state index in [2.05, 4.69) is 31.1 Å². The summed E-state index contributed by atoms with van der Waals surface area (Å²) in [5, 5.41) is 3.04. The van der Waals surface area contributed by atoms with Crippen LogP contribution in [0.1, 0.15) is 46.0 Å². The first-order valence-electron chi connectivity index (χ1n) is 9.35. The van der Waals surface area contributed by atoms with E-state index in [0.29, 0.717) is 31.7 Å². The predicted octanol–water partition coefficient (Wildman–Crippen LogP) is 1.00. The molecule has 0 aromatic carbocycles. The summed E-state index contributed by atoms with van der Waals surface area (Å²) in [5.74, 6) is 0.498. The molecule has 6 heteroatoms. The quantitative estimate of drug-likeness (QED) is 0.831. The van der Waals surface area contributed by atoms with Crippen molar-refractivity contribution in [3.63, 3.8) is 0 Å². The molecular formula is C18H31N3O3. The van der Waals surface area contributed by atoms with Crippen LogP contribution in [0, 0.1) is 5.92 Å². The number of piperazine rings is 1. The summed E-state index contributed by atoms with van der Waals surface area (Å²) in [6.07, 6.45) is 4.23. The molecule has 0 aliphatic carbocycles. The van der Waals surface area contributed by atoms with Gasteiger partial charge in [0.1, 0.15) is 11.6 Å². The largest absolute Gasteiger partial charge is 0.376 e. The van der Waals surface area contributed by atoms with Crippen LogP contribution in [0.5, 0.6) is 0 Å². The Morgan fingerprint density at radius 1 is 1.29 bits per heavy atom. The van der Waals surface area contributed by atoms with Crippen LogP contribution in [0.25, 0.3) is 0 Å². The summed E-state index contributed by atoms with van der Waals surface area (Å²) >= 11 is 0. The number of carbonyl (C=O) groups excluding carboxylic acids is 2. The maximum Gasteiger partial charge on any atom is 0.246 e. The number of nitrogens with one attached hydrogen (secondary N) is 1. The molecule has 3 aliphatic heterocycles. The molecule has 2 unspecified atom stereocenters. The molecule has 0 aromatic heterocycles. The number of amides is 2. The van der Waals surface area contributed by atoms with Crippen molar-refractivity contribution in [3.05, 3.63) is 0 Å². The molecule has 3 saturated heterocycles. The van der Waals surface area contributed by atoms with Crippen molar-refractivity contribution in [2.45, 2.75) is 63.6 Å². The number of hydrogen-bond acceptors (Lipinski definition) is 4. The fraction of sp³-hybridized carbons (Fsp3) is 0.889. The minimum Gasteiger partial charge on any atom is -0.376 e. The van der Waals surface area contributed by atoms with Gasteiger partial charge in [0.2, 0.25) is 11.8 Å². The number of nitrogens with zero attached hydrogens (tertiary/aromatic N) is 2. The lowest BCUT2D eigenvalue weighted by molar-refractivity contribution is -0.163. The van der Waals surface area contributed by atoms with E-state index in [1.54, 1.807) is 0 Å². The third-order valence-corrected chi connectivity index (χ3v) is 5.74. The van der Waals surface area contributed by atoms with Gasteiger partial charge in [-0.1, -0.05) is 13.8 Å². The van der Waals surface area contributed by atoms with Gasteiger partial charge in [-0.3, -0.25) is 9.59 Å². The van der Waals surface area contributed by atoms with Crippen LogP contribution >= 0.6 is 0 Å². The van der Waals surface area contributed by atoms with E-state index in [4.69, 9.17) is 4.74 Å². The van der Waals surface area contributed by atoms with Crippen LogP contribution in [0.15, 0.2) is 0 Å². The highest BCUT2D eigenvalue weighted by Crippen LogP contribution is 2.34. The van der Waals surface area contributed by atoms with Gasteiger partial charge < -0.3 is 19.9 Å². The van der Waals surface area contributed by atoms with Crippen molar-refractivity contribution in [1.82, 2.24) is 15.1 Å². The Balaban J connectivity index is 1.84. The van der Waals surface area contributed by atoms with Gasteiger partial charge in [-0.05, 0) is 45.1 Å². The predicted molar refractivity (Wildman–Crippen MR) is 91.5 cm³/mol. The van der Waals surface area contributed by atoms with Crippen LogP contribution in [0.2, 0.25) is 0 Å². The zero-order valence-corrected chi connectivity index (χ0v) is 15.2. The summed E-state index contributed by atoms with van der Waals surface area (Å²) in [6, 6.07) is -0.385. The second kappa shape index (κ2) is 7.00. The van der Waals surface area contributed by atoms with Gasteiger partial charge in [-0.25, -0.2) is 0 Å². The lowest BCUT2D eigenvalue weighted by Crippen LogP contribution is -2.73. The topological polar surface area (TPSA) is 61.9 Å². The fourth-order valence-corrected chi connectivity index (χ4v) is 4.25. The molecule has 1 spiro atoms. The van der Waals surface area contributed by atoms with E-state index in [9.17, 15) is 9.59 Å². The number of likely N-dealkylation sites (tertiary alicyclic amines) is 1. The molecule has 1 N–H and O–H groups in total. The Labute approximate surface area is 144 Å².